The van der Waals surface area contributed by atoms with E-state index in [-0.39, 0.29) is 29.3 Å². The maximum Gasteiger partial charge on any atom is 0.324 e. The summed E-state index contributed by atoms with van der Waals surface area (Å²) in [6.45, 7) is 11.3. The Labute approximate surface area is 203 Å². The third-order valence-corrected chi connectivity index (χ3v) is 7.70. The van der Waals surface area contributed by atoms with Crippen LogP contribution in [0, 0.1) is 5.92 Å². The number of rotatable bonds is 8. The zero-order chi connectivity index (χ0) is 24.5. The number of aromatic amines is 1. The average molecular weight is 466 g/mol. The van der Waals surface area contributed by atoms with E-state index in [4.69, 9.17) is 0 Å². The summed E-state index contributed by atoms with van der Waals surface area (Å²) in [5.74, 6) is -0.0939. The minimum absolute atomic E-state index is 0.0622. The fourth-order valence-electron chi connectivity index (χ4n) is 6.05. The summed E-state index contributed by atoms with van der Waals surface area (Å²) in [6, 6.07) is 6.17. The third-order valence-electron chi connectivity index (χ3n) is 7.70. The molecule has 2 N–H and O–H groups in total. The van der Waals surface area contributed by atoms with Gasteiger partial charge in [-0.1, -0.05) is 18.2 Å². The normalized spacial score (nSPS) is 24.1. The third kappa shape index (κ3) is 4.39. The number of carbonyl (C=O) groups is 2. The molecule has 1 aromatic heterocycles. The summed E-state index contributed by atoms with van der Waals surface area (Å²) in [5, 5.41) is 4.16. The second-order valence-corrected chi connectivity index (χ2v) is 10.3. The standard InChI is InChI=1S/C27H39N5O2/c1-6-12-31-18-19(25(33)32(26(34)28-7-2)14-9-13-30(4)5)15-22-21-10-8-11-23-24(21)20(17-29-23)16-27(22,31)3/h6,8,10-11,17,19,22,29H,1,7,9,12-16,18H2,2-5H3,(H,28,34). The van der Waals surface area contributed by atoms with Crippen molar-refractivity contribution < 1.29 is 9.59 Å². The summed E-state index contributed by atoms with van der Waals surface area (Å²) in [4.78, 5) is 36.1. The number of fused-ring (bicyclic) bond motifs is 2. The van der Waals surface area contributed by atoms with E-state index in [0.717, 1.165) is 31.3 Å². The fraction of sp³-hybridized carbons (Fsp3) is 0.556. The van der Waals surface area contributed by atoms with Crippen LogP contribution >= 0.6 is 0 Å². The molecule has 1 aromatic carbocycles. The number of benzene rings is 1. The van der Waals surface area contributed by atoms with Crippen molar-refractivity contribution in [1.82, 2.24) is 25.0 Å². The first-order chi connectivity index (χ1) is 16.3. The number of nitrogens with one attached hydrogen (secondary N) is 2. The van der Waals surface area contributed by atoms with Crippen LogP contribution in [0.3, 0.4) is 0 Å². The minimum Gasteiger partial charge on any atom is -0.361 e. The van der Waals surface area contributed by atoms with Crippen molar-refractivity contribution in [2.75, 3.05) is 46.8 Å². The molecule has 2 aliphatic rings. The second-order valence-electron chi connectivity index (χ2n) is 10.3. The molecular formula is C27H39N5O2. The topological polar surface area (TPSA) is 71.7 Å². The van der Waals surface area contributed by atoms with Gasteiger partial charge in [0.05, 0.1) is 5.92 Å². The Hall–Kier alpha value is -2.64. The second kappa shape index (κ2) is 9.92. The van der Waals surface area contributed by atoms with Crippen LogP contribution in [-0.2, 0) is 11.2 Å². The van der Waals surface area contributed by atoms with E-state index in [1.54, 1.807) is 0 Å². The molecule has 4 rings (SSSR count). The van der Waals surface area contributed by atoms with E-state index >= 15 is 0 Å². The van der Waals surface area contributed by atoms with Gasteiger partial charge in [0.1, 0.15) is 0 Å². The summed E-state index contributed by atoms with van der Waals surface area (Å²) >= 11 is 0. The van der Waals surface area contributed by atoms with Gasteiger partial charge in [-0.2, -0.15) is 0 Å². The molecule has 3 atom stereocenters. The number of hydrogen-bond donors (Lipinski definition) is 2. The Balaban J connectivity index is 1.66. The van der Waals surface area contributed by atoms with Crippen molar-refractivity contribution in [3.05, 3.63) is 48.2 Å². The predicted molar refractivity (Wildman–Crippen MR) is 137 cm³/mol. The molecule has 1 fully saturated rings. The number of nitrogens with zero attached hydrogens (tertiary/aromatic N) is 3. The van der Waals surface area contributed by atoms with Crippen molar-refractivity contribution in [2.45, 2.75) is 44.6 Å². The Bertz CT molecular complexity index is 1060. The minimum atomic E-state index is -0.284. The molecule has 1 saturated heterocycles. The summed E-state index contributed by atoms with van der Waals surface area (Å²) in [5.41, 5.74) is 3.71. The molecule has 0 spiro atoms. The molecule has 2 aromatic rings. The largest absolute Gasteiger partial charge is 0.361 e. The Morgan fingerprint density at radius 1 is 1.32 bits per heavy atom. The van der Waals surface area contributed by atoms with Crippen LogP contribution in [0.2, 0.25) is 0 Å². The Kier molecular flexibility index (Phi) is 7.14. The number of aromatic nitrogens is 1. The van der Waals surface area contributed by atoms with E-state index in [1.165, 1.54) is 21.4 Å². The number of imide groups is 1. The van der Waals surface area contributed by atoms with Crippen LogP contribution in [-0.4, -0.2) is 84.0 Å². The van der Waals surface area contributed by atoms with Gasteiger partial charge in [-0.25, -0.2) is 4.79 Å². The zero-order valence-corrected chi connectivity index (χ0v) is 21.1. The average Bonchev–Trinajstić information content (AvgIpc) is 3.20. The molecule has 184 valence electrons. The molecule has 1 aliphatic carbocycles. The highest BCUT2D eigenvalue weighted by Gasteiger charge is 2.50. The maximum atomic E-state index is 13.8. The Morgan fingerprint density at radius 3 is 2.82 bits per heavy atom. The van der Waals surface area contributed by atoms with Crippen molar-refractivity contribution in [1.29, 1.82) is 0 Å². The first-order valence-corrected chi connectivity index (χ1v) is 12.5. The summed E-state index contributed by atoms with van der Waals surface area (Å²) in [7, 11) is 4.01. The van der Waals surface area contributed by atoms with Crippen molar-refractivity contribution in [3.63, 3.8) is 0 Å². The molecule has 2 heterocycles. The van der Waals surface area contributed by atoms with Gasteiger partial charge in [0.2, 0.25) is 5.91 Å². The van der Waals surface area contributed by atoms with Crippen LogP contribution in [0.5, 0.6) is 0 Å². The number of carbonyl (C=O) groups excluding carboxylic acids is 2. The quantitative estimate of drug-likeness (QED) is 0.585. The SMILES string of the molecule is C=CCN1CC(C(=O)N(CCCN(C)C)C(=O)NCC)CC2c3cccc4[nH]cc(c34)CC21C. The molecule has 1 aliphatic heterocycles. The van der Waals surface area contributed by atoms with Gasteiger partial charge >= 0.3 is 6.03 Å². The molecule has 0 saturated carbocycles. The first kappa shape index (κ1) is 24.5. The number of urea groups is 1. The molecule has 3 amide bonds. The van der Waals surface area contributed by atoms with Crippen LogP contribution in [0.1, 0.15) is 43.7 Å². The predicted octanol–water partition coefficient (Wildman–Crippen LogP) is 3.58. The highest BCUT2D eigenvalue weighted by molar-refractivity contribution is 5.96. The molecule has 0 radical (unpaired) electrons. The lowest BCUT2D eigenvalue weighted by atomic mass is 9.64. The van der Waals surface area contributed by atoms with Crippen LogP contribution in [0.15, 0.2) is 37.1 Å². The van der Waals surface area contributed by atoms with Crippen molar-refractivity contribution >= 4 is 22.8 Å². The van der Waals surface area contributed by atoms with E-state index in [0.29, 0.717) is 26.2 Å². The molecule has 7 heteroatoms. The lowest BCUT2D eigenvalue weighted by molar-refractivity contribution is -0.136. The van der Waals surface area contributed by atoms with Gasteiger partial charge in [0.15, 0.2) is 0 Å². The van der Waals surface area contributed by atoms with Crippen LogP contribution < -0.4 is 5.32 Å². The molecule has 3 unspecified atom stereocenters. The van der Waals surface area contributed by atoms with Gasteiger partial charge in [-0.15, -0.1) is 6.58 Å². The van der Waals surface area contributed by atoms with Gasteiger partial charge in [-0.3, -0.25) is 14.6 Å². The van der Waals surface area contributed by atoms with E-state index in [2.05, 4.69) is 58.0 Å². The highest BCUT2D eigenvalue weighted by atomic mass is 16.2. The monoisotopic (exact) mass is 465 g/mol. The molecular weight excluding hydrogens is 426 g/mol. The first-order valence-electron chi connectivity index (χ1n) is 12.5. The zero-order valence-electron chi connectivity index (χ0n) is 21.1. The lowest BCUT2D eigenvalue weighted by Gasteiger charge is -2.54. The van der Waals surface area contributed by atoms with Gasteiger partial charge < -0.3 is 15.2 Å². The van der Waals surface area contributed by atoms with Crippen LogP contribution in [0.4, 0.5) is 4.79 Å². The number of H-pyrrole nitrogens is 1. The van der Waals surface area contributed by atoms with Crippen molar-refractivity contribution in [2.24, 2.45) is 5.92 Å². The number of hydrogen-bond acceptors (Lipinski definition) is 4. The van der Waals surface area contributed by atoms with Crippen molar-refractivity contribution in [3.8, 4) is 0 Å². The smallest absolute Gasteiger partial charge is 0.324 e. The van der Waals surface area contributed by atoms with E-state index in [1.807, 2.05) is 27.1 Å². The highest BCUT2D eigenvalue weighted by Crippen LogP contribution is 2.51. The Morgan fingerprint density at radius 2 is 2.12 bits per heavy atom. The molecule has 34 heavy (non-hydrogen) atoms. The number of likely N-dealkylation sites (tertiary alicyclic amines) is 1. The van der Waals surface area contributed by atoms with Gasteiger partial charge in [0.25, 0.3) is 0 Å². The number of amides is 3. The summed E-state index contributed by atoms with van der Waals surface area (Å²) < 4.78 is 0. The number of piperidine rings is 1. The van der Waals surface area contributed by atoms with Crippen LogP contribution in [0.25, 0.3) is 10.9 Å². The fourth-order valence-corrected chi connectivity index (χ4v) is 6.05. The molecule has 7 nitrogen and oxygen atoms in total. The lowest BCUT2D eigenvalue weighted by Crippen LogP contribution is -2.61. The molecule has 0 bridgehead atoms. The van der Waals surface area contributed by atoms with Gasteiger partial charge in [-0.05, 0) is 70.9 Å². The van der Waals surface area contributed by atoms with E-state index < -0.39 is 0 Å². The van der Waals surface area contributed by atoms with E-state index in [9.17, 15) is 9.59 Å². The maximum absolute atomic E-state index is 13.8. The van der Waals surface area contributed by atoms with Gasteiger partial charge in [0, 0.05) is 54.7 Å². The summed E-state index contributed by atoms with van der Waals surface area (Å²) in [6.07, 6.45) is 6.51.